The van der Waals surface area contributed by atoms with E-state index in [9.17, 15) is 0 Å². The average Bonchev–Trinajstić information content (AvgIpc) is 3.53. The molecule has 5 heterocycles. The molecule has 1 aromatic carbocycles. The lowest BCUT2D eigenvalue weighted by Gasteiger charge is -2.12. The fourth-order valence-corrected chi connectivity index (χ4v) is 4.82. The molecule has 3 aromatic heterocycles. The van der Waals surface area contributed by atoms with Crippen LogP contribution in [0.15, 0.2) is 60.7 Å². The predicted molar refractivity (Wildman–Crippen MR) is 138 cm³/mol. The monoisotopic (exact) mass is 428 g/mol. The zero-order valence-electron chi connectivity index (χ0n) is 18.9. The SMILES string of the molecule is Cc1cc(C)c(C2=Cc3cc4ccc(cc5nc(cc6ccc(cc2n3)[nH]6)C=C5)[nH]4)c(C)c1. The lowest BCUT2D eigenvalue weighted by molar-refractivity contribution is 1.27. The summed E-state index contributed by atoms with van der Waals surface area (Å²) < 4.78 is 0. The molecule has 4 aromatic rings. The minimum atomic E-state index is 0.931. The fourth-order valence-electron chi connectivity index (χ4n) is 4.82. The van der Waals surface area contributed by atoms with E-state index in [2.05, 4.69) is 97.5 Å². The molecular weight excluding hydrogens is 404 g/mol. The molecule has 0 fully saturated rings. The number of nitrogens with one attached hydrogen (secondary N) is 2. The first-order valence-corrected chi connectivity index (χ1v) is 11.2. The Kier molecular flexibility index (Phi) is 4.40. The number of nitrogens with zero attached hydrogens (tertiary/aromatic N) is 2. The van der Waals surface area contributed by atoms with Gasteiger partial charge in [-0.1, -0.05) is 17.7 Å². The Balaban J connectivity index is 1.66. The standard InChI is InChI=1S/C29H24N4/c1-17-10-18(2)29(19(3)11-17)27-15-26-14-24-7-6-22(31-24)12-20-4-5-21(30-20)13-23-8-9-25(32-23)16-28(27)33-26/h4-16,31-32H,1-3H3. The second-order valence-electron chi connectivity index (χ2n) is 8.86. The summed E-state index contributed by atoms with van der Waals surface area (Å²) >= 11 is 0. The maximum Gasteiger partial charge on any atom is 0.0736 e. The molecule has 4 nitrogen and oxygen atoms in total. The van der Waals surface area contributed by atoms with Crippen LogP contribution in [0.3, 0.4) is 0 Å². The van der Waals surface area contributed by atoms with Gasteiger partial charge in [0.05, 0.1) is 22.8 Å². The number of hydrogen-bond donors (Lipinski definition) is 2. The molecule has 0 radical (unpaired) electrons. The first-order chi connectivity index (χ1) is 16.0. The third-order valence-electron chi connectivity index (χ3n) is 6.11. The molecule has 2 N–H and O–H groups in total. The topological polar surface area (TPSA) is 57.4 Å². The molecule has 8 bridgehead atoms. The molecule has 0 aliphatic carbocycles. The van der Waals surface area contributed by atoms with Crippen LogP contribution in [0, 0.1) is 20.8 Å². The van der Waals surface area contributed by atoms with E-state index in [0.29, 0.717) is 0 Å². The van der Waals surface area contributed by atoms with Crippen molar-refractivity contribution < 1.29 is 0 Å². The van der Waals surface area contributed by atoms with E-state index < -0.39 is 0 Å². The molecule has 6 rings (SSSR count). The Labute approximate surface area is 192 Å². The van der Waals surface area contributed by atoms with Crippen molar-refractivity contribution in [2.75, 3.05) is 0 Å². The minimum Gasteiger partial charge on any atom is -0.355 e. The van der Waals surface area contributed by atoms with Crippen molar-refractivity contribution in [2.24, 2.45) is 0 Å². The summed E-state index contributed by atoms with van der Waals surface area (Å²) in [6.45, 7) is 6.51. The molecule has 0 atom stereocenters. The third kappa shape index (κ3) is 3.70. The van der Waals surface area contributed by atoms with E-state index >= 15 is 0 Å². The van der Waals surface area contributed by atoms with Crippen molar-refractivity contribution in [3.05, 3.63) is 106 Å². The van der Waals surface area contributed by atoms with E-state index in [1.165, 1.54) is 22.3 Å². The van der Waals surface area contributed by atoms with Crippen LogP contribution < -0.4 is 0 Å². The molecule has 0 spiro atoms. The first-order valence-electron chi connectivity index (χ1n) is 11.2. The van der Waals surface area contributed by atoms with Crippen LogP contribution in [0.5, 0.6) is 0 Å². The molecule has 2 aliphatic heterocycles. The van der Waals surface area contributed by atoms with Crippen LogP contribution in [-0.4, -0.2) is 19.9 Å². The normalized spacial score (nSPS) is 12.8. The summed E-state index contributed by atoms with van der Waals surface area (Å²) in [6, 6.07) is 21.2. The third-order valence-corrected chi connectivity index (χ3v) is 6.11. The van der Waals surface area contributed by atoms with Crippen LogP contribution >= 0.6 is 0 Å². The van der Waals surface area contributed by atoms with Crippen molar-refractivity contribution in [1.82, 2.24) is 19.9 Å². The second kappa shape index (κ2) is 7.45. The van der Waals surface area contributed by atoms with Crippen LogP contribution in [0.2, 0.25) is 0 Å². The van der Waals surface area contributed by atoms with Gasteiger partial charge in [0.2, 0.25) is 0 Å². The molecule has 0 unspecified atom stereocenters. The summed E-state index contributed by atoms with van der Waals surface area (Å²) in [6.07, 6.45) is 6.27. The molecule has 0 saturated heterocycles. The summed E-state index contributed by atoms with van der Waals surface area (Å²) in [7, 11) is 0. The summed E-state index contributed by atoms with van der Waals surface area (Å²) in [4.78, 5) is 16.7. The summed E-state index contributed by atoms with van der Waals surface area (Å²) in [5.74, 6) is 0. The van der Waals surface area contributed by atoms with Gasteiger partial charge in [-0.2, -0.15) is 0 Å². The van der Waals surface area contributed by atoms with Gasteiger partial charge >= 0.3 is 0 Å². The van der Waals surface area contributed by atoms with Gasteiger partial charge in [-0.25, -0.2) is 9.97 Å². The number of fused-ring (bicyclic) bond motifs is 8. The highest BCUT2D eigenvalue weighted by Gasteiger charge is 2.17. The maximum absolute atomic E-state index is 5.02. The minimum absolute atomic E-state index is 0.931. The highest BCUT2D eigenvalue weighted by atomic mass is 14.8. The van der Waals surface area contributed by atoms with E-state index in [1.807, 2.05) is 12.2 Å². The van der Waals surface area contributed by atoms with E-state index in [1.54, 1.807) is 0 Å². The van der Waals surface area contributed by atoms with Gasteiger partial charge in [0.1, 0.15) is 0 Å². The largest absolute Gasteiger partial charge is 0.355 e. The number of aromatic amines is 2. The van der Waals surface area contributed by atoms with Gasteiger partial charge < -0.3 is 9.97 Å². The Hall–Kier alpha value is -4.18. The average molecular weight is 429 g/mol. The Bertz CT molecular complexity index is 1620. The van der Waals surface area contributed by atoms with Crippen molar-refractivity contribution in [1.29, 1.82) is 0 Å². The van der Waals surface area contributed by atoms with Crippen molar-refractivity contribution in [3.8, 4) is 0 Å². The number of aryl methyl sites for hydroxylation is 3. The molecule has 2 aliphatic rings. The zero-order chi connectivity index (χ0) is 22.5. The number of hydrogen-bond acceptors (Lipinski definition) is 2. The Morgan fingerprint density at radius 1 is 0.576 bits per heavy atom. The first kappa shape index (κ1) is 19.5. The second-order valence-corrected chi connectivity index (χ2v) is 8.86. The molecule has 4 heteroatoms. The highest BCUT2D eigenvalue weighted by Crippen LogP contribution is 2.33. The number of rotatable bonds is 1. The van der Waals surface area contributed by atoms with Gasteiger partial charge in [0.25, 0.3) is 0 Å². The fraction of sp³-hybridized carbons (Fsp3) is 0.103. The lowest BCUT2D eigenvalue weighted by Crippen LogP contribution is -1.95. The molecular formula is C29H24N4. The molecule has 160 valence electrons. The van der Waals surface area contributed by atoms with E-state index in [4.69, 9.17) is 9.97 Å². The van der Waals surface area contributed by atoms with E-state index in [-0.39, 0.29) is 0 Å². The van der Waals surface area contributed by atoms with Gasteiger partial charge in [0, 0.05) is 27.6 Å². The van der Waals surface area contributed by atoms with Gasteiger partial charge in [-0.15, -0.1) is 0 Å². The van der Waals surface area contributed by atoms with Crippen molar-refractivity contribution in [2.45, 2.75) is 20.8 Å². The summed E-state index contributed by atoms with van der Waals surface area (Å²) in [5, 5.41) is 0. The highest BCUT2D eigenvalue weighted by molar-refractivity contribution is 5.95. The number of H-pyrrole nitrogens is 2. The van der Waals surface area contributed by atoms with Crippen LogP contribution in [0.25, 0.3) is 45.9 Å². The molecule has 0 amide bonds. The summed E-state index contributed by atoms with van der Waals surface area (Å²) in [5.41, 5.74) is 14.0. The number of benzene rings is 1. The van der Waals surface area contributed by atoms with Gasteiger partial charge in [0.15, 0.2) is 0 Å². The molecule has 0 saturated carbocycles. The quantitative estimate of drug-likeness (QED) is 0.296. The molecule has 33 heavy (non-hydrogen) atoms. The lowest BCUT2D eigenvalue weighted by atomic mass is 9.92. The Morgan fingerprint density at radius 2 is 1.09 bits per heavy atom. The Morgan fingerprint density at radius 3 is 1.67 bits per heavy atom. The zero-order valence-corrected chi connectivity index (χ0v) is 18.9. The smallest absolute Gasteiger partial charge is 0.0736 e. The van der Waals surface area contributed by atoms with Gasteiger partial charge in [-0.3, -0.25) is 0 Å². The van der Waals surface area contributed by atoms with Crippen LogP contribution in [0.1, 0.15) is 45.0 Å². The van der Waals surface area contributed by atoms with Crippen molar-refractivity contribution >= 4 is 45.9 Å². The van der Waals surface area contributed by atoms with Crippen molar-refractivity contribution in [3.63, 3.8) is 0 Å². The maximum atomic E-state index is 5.02. The number of aromatic nitrogens is 4. The van der Waals surface area contributed by atoms with Crippen LogP contribution in [0.4, 0.5) is 0 Å². The predicted octanol–water partition coefficient (Wildman–Crippen LogP) is 7.00. The van der Waals surface area contributed by atoms with Crippen LogP contribution in [-0.2, 0) is 0 Å². The van der Waals surface area contributed by atoms with E-state index in [0.717, 1.165) is 50.4 Å². The van der Waals surface area contributed by atoms with Gasteiger partial charge in [-0.05, 0) is 104 Å².